The van der Waals surface area contributed by atoms with E-state index in [1.165, 1.54) is 0 Å². The number of hydrogen-bond donors (Lipinski definition) is 1. The molecule has 0 fully saturated rings. The van der Waals surface area contributed by atoms with Crippen LogP contribution in [0.15, 0.2) is 16.7 Å². The topological polar surface area (TPSA) is 24.9 Å². The number of aromatic nitrogens is 1. The highest BCUT2D eigenvalue weighted by Crippen LogP contribution is 2.24. The minimum atomic E-state index is 0.202. The minimum Gasteiger partial charge on any atom is -0.365 e. The van der Waals surface area contributed by atoms with Gasteiger partial charge in [-0.2, -0.15) is 0 Å². The lowest BCUT2D eigenvalue weighted by Gasteiger charge is -2.19. The summed E-state index contributed by atoms with van der Waals surface area (Å²) in [6.07, 6.45) is 2.71. The zero-order chi connectivity index (χ0) is 12.1. The molecule has 0 saturated heterocycles. The Morgan fingerprint density at radius 2 is 2.19 bits per heavy atom. The van der Waals surface area contributed by atoms with E-state index in [1.54, 1.807) is 6.20 Å². The van der Waals surface area contributed by atoms with Gasteiger partial charge in [0.2, 0.25) is 0 Å². The molecular formula is C11H15BrCl2N2. The molecule has 1 rings (SSSR count). The second kappa shape index (κ2) is 6.67. The summed E-state index contributed by atoms with van der Waals surface area (Å²) in [6, 6.07) is 2.02. The summed E-state index contributed by atoms with van der Waals surface area (Å²) in [4.78, 5) is 4.22. The number of alkyl halides is 1. The summed E-state index contributed by atoms with van der Waals surface area (Å²) in [6.45, 7) is 4.33. The Kier molecular flexibility index (Phi) is 5.87. The molecule has 0 amide bonds. The quantitative estimate of drug-likeness (QED) is 0.802. The zero-order valence-corrected chi connectivity index (χ0v) is 12.4. The van der Waals surface area contributed by atoms with Crippen LogP contribution >= 0.6 is 39.1 Å². The molecule has 0 saturated carbocycles. The maximum absolute atomic E-state index is 6.07. The first-order chi connectivity index (χ1) is 7.52. The van der Waals surface area contributed by atoms with Gasteiger partial charge in [0.05, 0.1) is 5.02 Å². The van der Waals surface area contributed by atoms with Gasteiger partial charge in [-0.15, -0.1) is 11.6 Å². The van der Waals surface area contributed by atoms with E-state index in [-0.39, 0.29) is 6.04 Å². The molecule has 0 aliphatic rings. The highest BCUT2D eigenvalue weighted by atomic mass is 79.9. The van der Waals surface area contributed by atoms with Crippen molar-refractivity contribution in [3.63, 3.8) is 0 Å². The summed E-state index contributed by atoms with van der Waals surface area (Å²) in [5.74, 6) is 1.83. The third kappa shape index (κ3) is 4.48. The van der Waals surface area contributed by atoms with Gasteiger partial charge in [-0.3, -0.25) is 0 Å². The van der Waals surface area contributed by atoms with E-state index >= 15 is 0 Å². The summed E-state index contributed by atoms with van der Waals surface area (Å²) in [5.41, 5.74) is 0. The van der Waals surface area contributed by atoms with Gasteiger partial charge in [-0.25, -0.2) is 4.98 Å². The third-order valence-electron chi connectivity index (χ3n) is 2.09. The first-order valence-electron chi connectivity index (χ1n) is 5.16. The highest BCUT2D eigenvalue weighted by Gasteiger charge is 2.12. The van der Waals surface area contributed by atoms with Crippen LogP contribution in [0.1, 0.15) is 20.3 Å². The fourth-order valence-electron chi connectivity index (χ4n) is 1.44. The normalized spacial score (nSPS) is 12.9. The Morgan fingerprint density at radius 3 is 2.69 bits per heavy atom. The van der Waals surface area contributed by atoms with Gasteiger partial charge in [-0.1, -0.05) is 25.4 Å². The predicted molar refractivity (Wildman–Crippen MR) is 74.5 cm³/mol. The average molecular weight is 326 g/mol. The highest BCUT2D eigenvalue weighted by molar-refractivity contribution is 9.10. The van der Waals surface area contributed by atoms with Gasteiger partial charge in [0.15, 0.2) is 0 Å². The van der Waals surface area contributed by atoms with Gasteiger partial charge < -0.3 is 5.32 Å². The van der Waals surface area contributed by atoms with Crippen LogP contribution in [0.2, 0.25) is 5.02 Å². The molecule has 1 unspecified atom stereocenters. The van der Waals surface area contributed by atoms with Crippen molar-refractivity contribution >= 4 is 44.9 Å². The summed E-state index contributed by atoms with van der Waals surface area (Å²) < 4.78 is 0.870. The van der Waals surface area contributed by atoms with Crippen molar-refractivity contribution in [3.05, 3.63) is 21.8 Å². The van der Waals surface area contributed by atoms with Crippen molar-refractivity contribution in [2.24, 2.45) is 5.92 Å². The van der Waals surface area contributed by atoms with Gasteiger partial charge in [-0.05, 0) is 34.3 Å². The number of nitrogens with one attached hydrogen (secondary N) is 1. The molecular weight excluding hydrogens is 311 g/mol. The Hall–Kier alpha value is 0.01000. The lowest BCUT2D eigenvalue weighted by atomic mass is 10.1. The second-order valence-corrected chi connectivity index (χ2v) is 5.74. The smallest absolute Gasteiger partial charge is 0.145 e. The Bertz CT molecular complexity index is 345. The summed E-state index contributed by atoms with van der Waals surface area (Å²) in [5, 5.41) is 3.86. The molecule has 90 valence electrons. The molecule has 0 aliphatic heterocycles. The molecule has 1 aromatic heterocycles. The van der Waals surface area contributed by atoms with Crippen LogP contribution in [0.4, 0.5) is 5.82 Å². The lowest BCUT2D eigenvalue weighted by molar-refractivity contribution is 0.541. The van der Waals surface area contributed by atoms with E-state index in [9.17, 15) is 0 Å². The Morgan fingerprint density at radius 1 is 1.50 bits per heavy atom. The van der Waals surface area contributed by atoms with Gasteiger partial charge >= 0.3 is 0 Å². The van der Waals surface area contributed by atoms with E-state index < -0.39 is 0 Å². The number of nitrogens with zero attached hydrogens (tertiary/aromatic N) is 1. The van der Waals surface area contributed by atoms with Crippen molar-refractivity contribution in [3.8, 4) is 0 Å². The standard InChI is InChI=1S/C11H15BrCl2N2/c1-7(2)3-9(5-13)16-11-10(14)4-8(12)6-15-11/h4,6-7,9H,3,5H2,1-2H3,(H,15,16). The predicted octanol–water partition coefficient (Wildman–Crippen LogP) is 4.56. The molecule has 1 heterocycles. The van der Waals surface area contributed by atoms with Crippen LogP contribution in [0, 0.1) is 5.92 Å². The van der Waals surface area contributed by atoms with Crippen LogP contribution in [0.25, 0.3) is 0 Å². The van der Waals surface area contributed by atoms with Crippen molar-refractivity contribution < 1.29 is 0 Å². The molecule has 1 N–H and O–H groups in total. The van der Waals surface area contributed by atoms with Crippen molar-refractivity contribution in [2.45, 2.75) is 26.3 Å². The first-order valence-corrected chi connectivity index (χ1v) is 6.87. The maximum Gasteiger partial charge on any atom is 0.145 e. The van der Waals surface area contributed by atoms with E-state index in [4.69, 9.17) is 23.2 Å². The van der Waals surface area contributed by atoms with Crippen LogP contribution < -0.4 is 5.32 Å². The molecule has 0 aliphatic carbocycles. The largest absolute Gasteiger partial charge is 0.365 e. The number of hydrogen-bond acceptors (Lipinski definition) is 2. The molecule has 0 bridgehead atoms. The molecule has 2 nitrogen and oxygen atoms in total. The molecule has 16 heavy (non-hydrogen) atoms. The van der Waals surface area contributed by atoms with E-state index in [0.29, 0.717) is 22.6 Å². The van der Waals surface area contributed by atoms with E-state index in [2.05, 4.69) is 40.1 Å². The van der Waals surface area contributed by atoms with Crippen LogP contribution in [-0.2, 0) is 0 Å². The van der Waals surface area contributed by atoms with Gasteiger partial charge in [0.1, 0.15) is 5.82 Å². The molecule has 0 spiro atoms. The fraction of sp³-hybridized carbons (Fsp3) is 0.545. The lowest BCUT2D eigenvalue weighted by Crippen LogP contribution is -2.24. The molecule has 1 atom stereocenters. The summed E-state index contributed by atoms with van der Waals surface area (Å²) in [7, 11) is 0. The van der Waals surface area contributed by atoms with Crippen LogP contribution in [0.3, 0.4) is 0 Å². The molecule has 1 aromatic rings. The van der Waals surface area contributed by atoms with Gasteiger partial charge in [0, 0.05) is 22.6 Å². The number of rotatable bonds is 5. The average Bonchev–Trinajstić information content (AvgIpc) is 2.20. The van der Waals surface area contributed by atoms with Crippen LogP contribution in [-0.4, -0.2) is 16.9 Å². The number of halogens is 3. The van der Waals surface area contributed by atoms with E-state index in [0.717, 1.165) is 10.9 Å². The molecule has 0 aromatic carbocycles. The van der Waals surface area contributed by atoms with Crippen molar-refractivity contribution in [1.82, 2.24) is 4.98 Å². The zero-order valence-electron chi connectivity index (χ0n) is 9.30. The molecule has 0 radical (unpaired) electrons. The van der Waals surface area contributed by atoms with E-state index in [1.807, 2.05) is 6.07 Å². The number of pyridine rings is 1. The SMILES string of the molecule is CC(C)CC(CCl)Nc1ncc(Br)cc1Cl. The van der Waals surface area contributed by atoms with Crippen molar-refractivity contribution in [2.75, 3.05) is 11.2 Å². The number of anilines is 1. The fourth-order valence-corrected chi connectivity index (χ4v) is 2.33. The third-order valence-corrected chi connectivity index (χ3v) is 3.19. The monoisotopic (exact) mass is 324 g/mol. The summed E-state index contributed by atoms with van der Waals surface area (Å²) >= 11 is 15.3. The Balaban J connectivity index is 2.70. The van der Waals surface area contributed by atoms with Gasteiger partial charge in [0.25, 0.3) is 0 Å². The molecule has 5 heteroatoms. The minimum absolute atomic E-state index is 0.202. The Labute approximate surface area is 115 Å². The van der Waals surface area contributed by atoms with Crippen LogP contribution in [0.5, 0.6) is 0 Å². The maximum atomic E-state index is 6.07. The first kappa shape index (κ1) is 14.1. The second-order valence-electron chi connectivity index (χ2n) is 4.11. The van der Waals surface area contributed by atoms with Crippen molar-refractivity contribution in [1.29, 1.82) is 0 Å².